The van der Waals surface area contributed by atoms with Crippen molar-refractivity contribution in [1.29, 1.82) is 0 Å². The first-order valence-corrected chi connectivity index (χ1v) is 8.02. The van der Waals surface area contributed by atoms with Crippen molar-refractivity contribution < 1.29 is 26.0 Å². The fourth-order valence-corrected chi connectivity index (χ4v) is 3.22. The smallest absolute Gasteiger partial charge is 0.402 e. The minimum absolute atomic E-state index is 0.162. The van der Waals surface area contributed by atoms with Crippen molar-refractivity contribution in [3.63, 3.8) is 0 Å². The standard InChI is InChI=1S/C11H15ClF3NO3S/c12-5-1-2-7-20(17,18)16(9-11(13,14)15)8-10-4-3-6-19-10/h3-4,6H,1-2,5,7-9H2. The van der Waals surface area contributed by atoms with E-state index >= 15 is 0 Å². The SMILES string of the molecule is O=S(=O)(CCCCCl)N(Cc1ccco1)CC(F)(F)F. The summed E-state index contributed by atoms with van der Waals surface area (Å²) in [5.41, 5.74) is 0. The highest BCUT2D eigenvalue weighted by Gasteiger charge is 2.36. The molecular formula is C11H15ClF3NO3S. The Kier molecular flexibility index (Phi) is 6.35. The van der Waals surface area contributed by atoms with Gasteiger partial charge >= 0.3 is 6.18 Å². The lowest BCUT2D eigenvalue weighted by Crippen LogP contribution is -2.39. The highest BCUT2D eigenvalue weighted by Crippen LogP contribution is 2.21. The summed E-state index contributed by atoms with van der Waals surface area (Å²) in [5.74, 6) is 0.0684. The molecular weight excluding hydrogens is 319 g/mol. The molecule has 1 aromatic heterocycles. The lowest BCUT2D eigenvalue weighted by atomic mass is 10.4. The molecule has 0 aromatic carbocycles. The summed E-state index contributed by atoms with van der Waals surface area (Å²) in [4.78, 5) is 0. The Bertz CT molecular complexity index is 488. The van der Waals surface area contributed by atoms with E-state index in [2.05, 4.69) is 0 Å². The molecule has 1 heterocycles. The largest absolute Gasteiger partial charge is 0.468 e. The minimum Gasteiger partial charge on any atom is -0.468 e. The van der Waals surface area contributed by atoms with E-state index in [1.165, 1.54) is 18.4 Å². The summed E-state index contributed by atoms with van der Waals surface area (Å²) in [7, 11) is -4.01. The van der Waals surface area contributed by atoms with Crippen LogP contribution in [0.5, 0.6) is 0 Å². The Morgan fingerprint density at radius 1 is 1.30 bits per heavy atom. The van der Waals surface area contributed by atoms with Gasteiger partial charge in [-0.15, -0.1) is 11.6 Å². The number of alkyl halides is 4. The first kappa shape index (κ1) is 17.3. The van der Waals surface area contributed by atoms with Crippen LogP contribution in [0.1, 0.15) is 18.6 Å². The fourth-order valence-electron chi connectivity index (χ4n) is 1.54. The van der Waals surface area contributed by atoms with Gasteiger partial charge in [-0.2, -0.15) is 17.5 Å². The first-order chi connectivity index (χ1) is 9.24. The molecule has 0 atom stereocenters. The number of sulfonamides is 1. The third-order valence-corrected chi connectivity index (χ3v) is 4.56. The number of halogens is 4. The molecule has 0 unspecified atom stereocenters. The van der Waals surface area contributed by atoms with E-state index in [9.17, 15) is 21.6 Å². The minimum atomic E-state index is -4.61. The predicted molar refractivity (Wildman–Crippen MR) is 68.9 cm³/mol. The molecule has 0 amide bonds. The number of nitrogens with zero attached hydrogens (tertiary/aromatic N) is 1. The van der Waals surface area contributed by atoms with Gasteiger partial charge in [0.1, 0.15) is 12.3 Å². The van der Waals surface area contributed by atoms with Crippen LogP contribution in [0, 0.1) is 0 Å². The molecule has 116 valence electrons. The normalized spacial score (nSPS) is 13.1. The maximum atomic E-state index is 12.5. The second kappa shape index (κ2) is 7.33. The highest BCUT2D eigenvalue weighted by molar-refractivity contribution is 7.89. The Morgan fingerprint density at radius 3 is 2.50 bits per heavy atom. The van der Waals surface area contributed by atoms with Crippen molar-refractivity contribution >= 4 is 21.6 Å². The van der Waals surface area contributed by atoms with Crippen LogP contribution >= 0.6 is 11.6 Å². The molecule has 0 aliphatic carbocycles. The number of hydrogen-bond acceptors (Lipinski definition) is 3. The molecule has 20 heavy (non-hydrogen) atoms. The number of rotatable bonds is 8. The Morgan fingerprint density at radius 2 is 2.00 bits per heavy atom. The summed E-state index contributed by atoms with van der Waals surface area (Å²) in [5, 5.41) is 0. The van der Waals surface area contributed by atoms with Crippen LogP contribution in [0.25, 0.3) is 0 Å². The zero-order valence-corrected chi connectivity index (χ0v) is 12.1. The molecule has 0 spiro atoms. The summed E-state index contributed by atoms with van der Waals surface area (Å²) < 4.78 is 66.7. The molecule has 0 aliphatic heterocycles. The van der Waals surface area contributed by atoms with Crippen LogP contribution in [-0.4, -0.2) is 37.1 Å². The van der Waals surface area contributed by atoms with Gasteiger partial charge in [0.2, 0.25) is 10.0 Å². The molecule has 0 fully saturated rings. The highest BCUT2D eigenvalue weighted by atomic mass is 35.5. The topological polar surface area (TPSA) is 50.5 Å². The molecule has 0 saturated heterocycles. The zero-order valence-electron chi connectivity index (χ0n) is 10.6. The maximum absolute atomic E-state index is 12.5. The zero-order chi connectivity index (χ0) is 15.2. The van der Waals surface area contributed by atoms with Gasteiger partial charge in [-0.25, -0.2) is 8.42 Å². The van der Waals surface area contributed by atoms with Crippen molar-refractivity contribution in [2.45, 2.75) is 25.6 Å². The summed E-state index contributed by atoms with van der Waals surface area (Å²) >= 11 is 5.43. The Labute approximate surface area is 120 Å². The molecule has 4 nitrogen and oxygen atoms in total. The summed E-state index contributed by atoms with van der Waals surface area (Å²) in [6.07, 6.45) is -2.67. The second-order valence-electron chi connectivity index (χ2n) is 4.17. The van der Waals surface area contributed by atoms with Gasteiger partial charge in [-0.1, -0.05) is 0 Å². The third kappa shape index (κ3) is 6.15. The quantitative estimate of drug-likeness (QED) is 0.543. The van der Waals surface area contributed by atoms with Crippen molar-refractivity contribution in [2.75, 3.05) is 18.2 Å². The number of hydrogen-bond donors (Lipinski definition) is 0. The van der Waals surface area contributed by atoms with Crippen molar-refractivity contribution in [3.05, 3.63) is 24.2 Å². The molecule has 1 aromatic rings. The number of unbranched alkanes of at least 4 members (excludes halogenated alkanes) is 1. The van der Waals surface area contributed by atoms with Crippen LogP contribution in [0.15, 0.2) is 22.8 Å². The van der Waals surface area contributed by atoms with Gasteiger partial charge in [0.05, 0.1) is 18.6 Å². The summed E-state index contributed by atoms with van der Waals surface area (Å²) in [6.45, 7) is -1.97. The van der Waals surface area contributed by atoms with Crippen LogP contribution in [-0.2, 0) is 16.6 Å². The first-order valence-electron chi connectivity index (χ1n) is 5.87. The van der Waals surface area contributed by atoms with Gasteiger partial charge < -0.3 is 4.42 Å². The second-order valence-corrected chi connectivity index (χ2v) is 6.64. The number of furan rings is 1. The average molecular weight is 334 g/mol. The maximum Gasteiger partial charge on any atom is 0.402 e. The van der Waals surface area contributed by atoms with Crippen molar-refractivity contribution in [1.82, 2.24) is 4.31 Å². The van der Waals surface area contributed by atoms with E-state index in [0.29, 0.717) is 10.7 Å². The Balaban J connectivity index is 2.80. The lowest BCUT2D eigenvalue weighted by molar-refractivity contribution is -0.137. The monoisotopic (exact) mass is 333 g/mol. The van der Waals surface area contributed by atoms with Gasteiger partial charge in [-0.3, -0.25) is 0 Å². The average Bonchev–Trinajstić information content (AvgIpc) is 2.79. The van der Waals surface area contributed by atoms with Gasteiger partial charge in [0, 0.05) is 5.88 Å². The molecule has 0 aliphatic rings. The molecule has 0 N–H and O–H groups in total. The van der Waals surface area contributed by atoms with E-state index in [0.717, 1.165) is 0 Å². The van der Waals surface area contributed by atoms with E-state index in [4.69, 9.17) is 16.0 Å². The molecule has 0 bridgehead atoms. The fraction of sp³-hybridized carbons (Fsp3) is 0.636. The van der Waals surface area contributed by atoms with Gasteiger partial charge in [0.25, 0.3) is 0 Å². The van der Waals surface area contributed by atoms with Gasteiger partial charge in [-0.05, 0) is 25.0 Å². The summed E-state index contributed by atoms with van der Waals surface area (Å²) in [6, 6.07) is 2.92. The van der Waals surface area contributed by atoms with Crippen LogP contribution < -0.4 is 0 Å². The van der Waals surface area contributed by atoms with Crippen LogP contribution in [0.2, 0.25) is 0 Å². The molecule has 0 saturated carbocycles. The van der Waals surface area contributed by atoms with Gasteiger partial charge in [0.15, 0.2) is 0 Å². The molecule has 1 rings (SSSR count). The van der Waals surface area contributed by atoms with Crippen LogP contribution in [0.4, 0.5) is 13.2 Å². The van der Waals surface area contributed by atoms with Crippen molar-refractivity contribution in [3.8, 4) is 0 Å². The Hall–Kier alpha value is -0.730. The lowest BCUT2D eigenvalue weighted by Gasteiger charge is -2.22. The third-order valence-electron chi connectivity index (χ3n) is 2.45. The van der Waals surface area contributed by atoms with E-state index in [1.807, 2.05) is 0 Å². The molecule has 9 heteroatoms. The van der Waals surface area contributed by atoms with E-state index in [1.54, 1.807) is 0 Å². The predicted octanol–water partition coefficient (Wildman–Crippen LogP) is 2.99. The van der Waals surface area contributed by atoms with Crippen LogP contribution in [0.3, 0.4) is 0 Å². The van der Waals surface area contributed by atoms with E-state index in [-0.39, 0.29) is 23.8 Å². The van der Waals surface area contributed by atoms with Crippen molar-refractivity contribution in [2.24, 2.45) is 0 Å². The van der Waals surface area contributed by atoms with E-state index < -0.39 is 29.3 Å². The molecule has 0 radical (unpaired) electrons.